The first-order chi connectivity index (χ1) is 6.66. The summed E-state index contributed by atoms with van der Waals surface area (Å²) in [5, 5.41) is 0. The second kappa shape index (κ2) is 4.89. The van der Waals surface area contributed by atoms with E-state index in [1.54, 1.807) is 0 Å². The molecular formula is C11H21NO2. The van der Waals surface area contributed by atoms with Gasteiger partial charge in [-0.2, -0.15) is 0 Å². The predicted octanol–water partition coefficient (Wildman–Crippen LogP) is 1.36. The highest BCUT2D eigenvalue weighted by molar-refractivity contribution is 5.87. The van der Waals surface area contributed by atoms with E-state index >= 15 is 0 Å². The van der Waals surface area contributed by atoms with Gasteiger partial charge in [0, 0.05) is 31.1 Å². The molecule has 82 valence electrons. The molecule has 0 radical (unpaired) electrons. The maximum atomic E-state index is 12.1. The number of hydrogen-bond acceptors (Lipinski definition) is 3. The van der Waals surface area contributed by atoms with Crippen LogP contribution in [-0.4, -0.2) is 25.5 Å². The van der Waals surface area contributed by atoms with Gasteiger partial charge in [-0.25, -0.2) is 0 Å². The van der Waals surface area contributed by atoms with E-state index < -0.39 is 0 Å². The Morgan fingerprint density at radius 2 is 2.07 bits per heavy atom. The van der Waals surface area contributed by atoms with Crippen molar-refractivity contribution in [2.45, 2.75) is 33.1 Å². The molecule has 1 saturated heterocycles. The Morgan fingerprint density at radius 3 is 2.50 bits per heavy atom. The Hall–Kier alpha value is -0.410. The molecule has 1 fully saturated rings. The van der Waals surface area contributed by atoms with Crippen molar-refractivity contribution in [3.8, 4) is 0 Å². The highest BCUT2D eigenvalue weighted by Gasteiger charge is 2.39. The number of hydrogen-bond donors (Lipinski definition) is 1. The standard InChI is InChI=1S/C11H21NO2/c1-3-9(2)10(13)11(8-12)4-6-14-7-5-11/h9H,3-8,12H2,1-2H3. The zero-order valence-electron chi connectivity index (χ0n) is 9.21. The highest BCUT2D eigenvalue weighted by atomic mass is 16.5. The number of ether oxygens (including phenoxy) is 1. The van der Waals surface area contributed by atoms with Gasteiger partial charge in [-0.15, -0.1) is 0 Å². The van der Waals surface area contributed by atoms with Gasteiger partial charge in [-0.1, -0.05) is 13.8 Å². The minimum atomic E-state index is -0.284. The first-order valence-corrected chi connectivity index (χ1v) is 5.48. The molecular weight excluding hydrogens is 178 g/mol. The number of nitrogens with two attached hydrogens (primary N) is 1. The zero-order valence-corrected chi connectivity index (χ0v) is 9.21. The molecule has 3 heteroatoms. The van der Waals surface area contributed by atoms with E-state index in [9.17, 15) is 4.79 Å². The summed E-state index contributed by atoms with van der Waals surface area (Å²) in [6, 6.07) is 0. The maximum Gasteiger partial charge on any atom is 0.143 e. The van der Waals surface area contributed by atoms with Gasteiger partial charge in [0.1, 0.15) is 5.78 Å². The van der Waals surface area contributed by atoms with Crippen LogP contribution in [0, 0.1) is 11.3 Å². The van der Waals surface area contributed by atoms with Gasteiger partial charge in [0.15, 0.2) is 0 Å². The van der Waals surface area contributed by atoms with Crippen LogP contribution in [0.5, 0.6) is 0 Å². The normalized spacial score (nSPS) is 23.1. The monoisotopic (exact) mass is 199 g/mol. The molecule has 1 aliphatic rings. The van der Waals surface area contributed by atoms with Gasteiger partial charge in [0.05, 0.1) is 0 Å². The fourth-order valence-electron chi connectivity index (χ4n) is 2.02. The lowest BCUT2D eigenvalue weighted by Gasteiger charge is -2.36. The summed E-state index contributed by atoms with van der Waals surface area (Å²) in [5.74, 6) is 0.474. The molecule has 0 aromatic rings. The van der Waals surface area contributed by atoms with Crippen LogP contribution in [0.15, 0.2) is 0 Å². The summed E-state index contributed by atoms with van der Waals surface area (Å²) >= 11 is 0. The average molecular weight is 199 g/mol. The fourth-order valence-corrected chi connectivity index (χ4v) is 2.02. The van der Waals surface area contributed by atoms with Crippen LogP contribution in [0.4, 0.5) is 0 Å². The van der Waals surface area contributed by atoms with Crippen molar-refractivity contribution in [1.82, 2.24) is 0 Å². The van der Waals surface area contributed by atoms with Gasteiger partial charge in [-0.05, 0) is 19.3 Å². The fraction of sp³-hybridized carbons (Fsp3) is 0.909. The lowest BCUT2D eigenvalue weighted by molar-refractivity contribution is -0.137. The van der Waals surface area contributed by atoms with E-state index in [2.05, 4.69) is 0 Å². The lowest BCUT2D eigenvalue weighted by atomic mass is 9.72. The third-order valence-corrected chi connectivity index (χ3v) is 3.42. The Balaban J connectivity index is 2.72. The lowest BCUT2D eigenvalue weighted by Crippen LogP contribution is -2.45. The number of rotatable bonds is 4. The molecule has 0 aliphatic carbocycles. The molecule has 0 aromatic heterocycles. The number of carbonyl (C=O) groups is 1. The van der Waals surface area contributed by atoms with Crippen molar-refractivity contribution >= 4 is 5.78 Å². The van der Waals surface area contributed by atoms with Gasteiger partial charge in [-0.3, -0.25) is 4.79 Å². The van der Waals surface area contributed by atoms with Crippen LogP contribution < -0.4 is 5.73 Å². The van der Waals surface area contributed by atoms with Crippen molar-refractivity contribution in [2.75, 3.05) is 19.8 Å². The molecule has 0 aromatic carbocycles. The third kappa shape index (κ3) is 2.15. The van der Waals surface area contributed by atoms with Crippen LogP contribution in [0.2, 0.25) is 0 Å². The van der Waals surface area contributed by atoms with Crippen molar-refractivity contribution < 1.29 is 9.53 Å². The molecule has 0 spiro atoms. The van der Waals surface area contributed by atoms with Gasteiger partial charge < -0.3 is 10.5 Å². The second-order valence-electron chi connectivity index (χ2n) is 4.27. The van der Waals surface area contributed by atoms with Crippen molar-refractivity contribution in [1.29, 1.82) is 0 Å². The van der Waals surface area contributed by atoms with Crippen LogP contribution in [0.3, 0.4) is 0 Å². The van der Waals surface area contributed by atoms with Crippen molar-refractivity contribution in [3.05, 3.63) is 0 Å². The first-order valence-electron chi connectivity index (χ1n) is 5.48. The van der Waals surface area contributed by atoms with Crippen LogP contribution in [0.25, 0.3) is 0 Å². The summed E-state index contributed by atoms with van der Waals surface area (Å²) in [6.07, 6.45) is 2.50. The molecule has 1 atom stereocenters. The molecule has 1 unspecified atom stereocenters. The number of Topliss-reactive ketones (excluding diaryl/α,β-unsaturated/α-hetero) is 1. The minimum absolute atomic E-state index is 0.136. The zero-order chi connectivity index (χ0) is 10.6. The smallest absolute Gasteiger partial charge is 0.143 e. The van der Waals surface area contributed by atoms with Gasteiger partial charge in [0.25, 0.3) is 0 Å². The Morgan fingerprint density at radius 1 is 1.50 bits per heavy atom. The Kier molecular flexibility index (Phi) is 4.08. The van der Waals surface area contributed by atoms with E-state index in [1.807, 2.05) is 13.8 Å². The van der Waals surface area contributed by atoms with E-state index in [0.29, 0.717) is 25.5 Å². The molecule has 14 heavy (non-hydrogen) atoms. The quantitative estimate of drug-likeness (QED) is 0.743. The van der Waals surface area contributed by atoms with E-state index in [1.165, 1.54) is 0 Å². The molecule has 1 rings (SSSR count). The third-order valence-electron chi connectivity index (χ3n) is 3.42. The van der Waals surface area contributed by atoms with Crippen LogP contribution in [-0.2, 0) is 9.53 Å². The molecule has 3 nitrogen and oxygen atoms in total. The van der Waals surface area contributed by atoms with Gasteiger partial charge >= 0.3 is 0 Å². The molecule has 0 saturated carbocycles. The number of ketones is 1. The molecule has 1 aliphatic heterocycles. The Bertz CT molecular complexity index is 197. The molecule has 1 heterocycles. The molecule has 0 amide bonds. The first kappa shape index (κ1) is 11.7. The van der Waals surface area contributed by atoms with E-state index in [0.717, 1.165) is 19.3 Å². The summed E-state index contributed by atoms with van der Waals surface area (Å²) in [4.78, 5) is 12.1. The summed E-state index contributed by atoms with van der Waals surface area (Å²) in [6.45, 7) is 5.87. The SMILES string of the molecule is CCC(C)C(=O)C1(CN)CCOCC1. The molecule has 2 N–H and O–H groups in total. The Labute approximate surface area is 86.0 Å². The van der Waals surface area contributed by atoms with Crippen LogP contribution >= 0.6 is 0 Å². The largest absolute Gasteiger partial charge is 0.381 e. The van der Waals surface area contributed by atoms with Gasteiger partial charge in [0.2, 0.25) is 0 Å². The van der Waals surface area contributed by atoms with E-state index in [-0.39, 0.29) is 11.3 Å². The molecule has 0 bridgehead atoms. The second-order valence-corrected chi connectivity index (χ2v) is 4.27. The topological polar surface area (TPSA) is 52.3 Å². The van der Waals surface area contributed by atoms with Crippen molar-refractivity contribution in [2.24, 2.45) is 17.1 Å². The predicted molar refractivity (Wildman–Crippen MR) is 56.0 cm³/mol. The summed E-state index contributed by atoms with van der Waals surface area (Å²) in [5.41, 5.74) is 5.47. The average Bonchev–Trinajstić information content (AvgIpc) is 2.28. The number of carbonyl (C=O) groups excluding carboxylic acids is 1. The van der Waals surface area contributed by atoms with Crippen molar-refractivity contribution in [3.63, 3.8) is 0 Å². The maximum absolute atomic E-state index is 12.1. The van der Waals surface area contributed by atoms with E-state index in [4.69, 9.17) is 10.5 Å². The highest BCUT2D eigenvalue weighted by Crippen LogP contribution is 2.33. The summed E-state index contributed by atoms with van der Waals surface area (Å²) in [7, 11) is 0. The summed E-state index contributed by atoms with van der Waals surface area (Å²) < 4.78 is 5.28. The minimum Gasteiger partial charge on any atom is -0.381 e. The van der Waals surface area contributed by atoms with Crippen LogP contribution in [0.1, 0.15) is 33.1 Å².